The standard InChI is InChI=1S/C18H21ClN4O3/c1-2-22(10-11-23-9-5-8-20-23)18(25)17-16(21-15(24)12-26-17)13-6-3-4-7-14(13)19/h3-9,16-17H,2,10-12H2,1H3,(H,21,24)/t16-,17+/m1/s1. The molecule has 2 atom stereocenters. The zero-order valence-corrected chi connectivity index (χ0v) is 15.2. The second-order valence-electron chi connectivity index (χ2n) is 5.99. The molecule has 1 aliphatic heterocycles. The van der Waals surface area contributed by atoms with Crippen LogP contribution in [-0.2, 0) is 20.9 Å². The van der Waals surface area contributed by atoms with Gasteiger partial charge in [0.05, 0.1) is 12.6 Å². The van der Waals surface area contributed by atoms with Crippen LogP contribution in [0.25, 0.3) is 0 Å². The Morgan fingerprint density at radius 1 is 1.42 bits per heavy atom. The normalized spacial score (nSPS) is 19.8. The number of hydrogen-bond acceptors (Lipinski definition) is 4. The number of morpholine rings is 1. The number of aromatic nitrogens is 2. The highest BCUT2D eigenvalue weighted by Gasteiger charge is 2.38. The lowest BCUT2D eigenvalue weighted by molar-refractivity contribution is -0.155. The Kier molecular flexibility index (Phi) is 5.90. The van der Waals surface area contributed by atoms with Crippen molar-refractivity contribution in [3.8, 4) is 0 Å². The highest BCUT2D eigenvalue weighted by Crippen LogP contribution is 2.29. The number of halogens is 1. The predicted molar refractivity (Wildman–Crippen MR) is 96.6 cm³/mol. The molecular weight excluding hydrogens is 356 g/mol. The van der Waals surface area contributed by atoms with Crippen molar-refractivity contribution in [1.82, 2.24) is 20.0 Å². The largest absolute Gasteiger partial charge is 0.356 e. The molecule has 3 rings (SSSR count). The van der Waals surface area contributed by atoms with Crippen LogP contribution in [0.2, 0.25) is 5.02 Å². The molecule has 2 heterocycles. The lowest BCUT2D eigenvalue weighted by Crippen LogP contribution is -2.53. The first-order valence-electron chi connectivity index (χ1n) is 8.51. The van der Waals surface area contributed by atoms with E-state index in [1.54, 1.807) is 34.0 Å². The van der Waals surface area contributed by atoms with Crippen LogP contribution >= 0.6 is 11.6 Å². The molecule has 1 aliphatic rings. The summed E-state index contributed by atoms with van der Waals surface area (Å²) in [7, 11) is 0. The molecule has 1 N–H and O–H groups in total. The minimum Gasteiger partial charge on any atom is -0.356 e. The first kappa shape index (κ1) is 18.4. The summed E-state index contributed by atoms with van der Waals surface area (Å²) >= 11 is 6.27. The summed E-state index contributed by atoms with van der Waals surface area (Å²) in [6.07, 6.45) is 2.73. The van der Waals surface area contributed by atoms with E-state index >= 15 is 0 Å². The molecule has 1 aromatic heterocycles. The van der Waals surface area contributed by atoms with E-state index in [0.717, 1.165) is 0 Å². The van der Waals surface area contributed by atoms with Crippen molar-refractivity contribution in [2.75, 3.05) is 19.7 Å². The minimum atomic E-state index is -0.815. The van der Waals surface area contributed by atoms with Crippen LogP contribution in [0, 0.1) is 0 Å². The van der Waals surface area contributed by atoms with Crippen LogP contribution in [0.5, 0.6) is 0 Å². The lowest BCUT2D eigenvalue weighted by Gasteiger charge is -2.35. The number of carbonyl (C=O) groups excluding carboxylic acids is 2. The summed E-state index contributed by atoms with van der Waals surface area (Å²) in [6.45, 7) is 3.38. The van der Waals surface area contributed by atoms with Gasteiger partial charge < -0.3 is 15.0 Å². The number of benzene rings is 1. The fraction of sp³-hybridized carbons (Fsp3) is 0.389. The van der Waals surface area contributed by atoms with E-state index in [2.05, 4.69) is 10.4 Å². The smallest absolute Gasteiger partial charge is 0.254 e. The van der Waals surface area contributed by atoms with Crippen molar-refractivity contribution in [2.45, 2.75) is 25.6 Å². The van der Waals surface area contributed by atoms with Crippen molar-refractivity contribution in [2.24, 2.45) is 0 Å². The fourth-order valence-electron chi connectivity index (χ4n) is 2.99. The zero-order chi connectivity index (χ0) is 18.5. The van der Waals surface area contributed by atoms with Gasteiger partial charge in [-0.15, -0.1) is 0 Å². The number of carbonyl (C=O) groups is 2. The maximum atomic E-state index is 13.1. The number of ether oxygens (including phenoxy) is 1. The van der Waals surface area contributed by atoms with Gasteiger partial charge >= 0.3 is 0 Å². The third kappa shape index (κ3) is 4.05. The molecule has 8 heteroatoms. The third-order valence-electron chi connectivity index (χ3n) is 4.35. The molecule has 7 nitrogen and oxygen atoms in total. The topological polar surface area (TPSA) is 76.5 Å². The minimum absolute atomic E-state index is 0.145. The van der Waals surface area contributed by atoms with Gasteiger partial charge in [0.1, 0.15) is 6.61 Å². The summed E-state index contributed by atoms with van der Waals surface area (Å²) in [6, 6.07) is 8.37. The van der Waals surface area contributed by atoms with Crippen molar-refractivity contribution < 1.29 is 14.3 Å². The maximum absolute atomic E-state index is 13.1. The highest BCUT2D eigenvalue weighted by atomic mass is 35.5. The molecule has 1 aromatic carbocycles. The van der Waals surface area contributed by atoms with Crippen LogP contribution < -0.4 is 5.32 Å². The zero-order valence-electron chi connectivity index (χ0n) is 14.5. The van der Waals surface area contributed by atoms with Crippen LogP contribution in [0.4, 0.5) is 0 Å². The van der Waals surface area contributed by atoms with Gasteiger partial charge in [-0.25, -0.2) is 0 Å². The molecule has 26 heavy (non-hydrogen) atoms. The predicted octanol–water partition coefficient (Wildman–Crippen LogP) is 1.64. The highest BCUT2D eigenvalue weighted by molar-refractivity contribution is 6.31. The molecule has 1 fully saturated rings. The first-order chi connectivity index (χ1) is 12.6. The van der Waals surface area contributed by atoms with Gasteiger partial charge in [0.2, 0.25) is 5.91 Å². The van der Waals surface area contributed by atoms with Crippen molar-refractivity contribution in [3.05, 3.63) is 53.3 Å². The van der Waals surface area contributed by atoms with E-state index in [0.29, 0.717) is 30.2 Å². The average molecular weight is 377 g/mol. The van der Waals surface area contributed by atoms with Gasteiger partial charge in [0.15, 0.2) is 6.10 Å². The molecule has 0 unspecified atom stereocenters. The first-order valence-corrected chi connectivity index (χ1v) is 8.89. The van der Waals surface area contributed by atoms with Crippen LogP contribution in [0.15, 0.2) is 42.7 Å². The Hall–Kier alpha value is -2.38. The van der Waals surface area contributed by atoms with Gasteiger partial charge in [-0.1, -0.05) is 29.8 Å². The lowest BCUT2D eigenvalue weighted by atomic mass is 9.98. The average Bonchev–Trinajstić information content (AvgIpc) is 3.16. The Balaban J connectivity index is 1.77. The Morgan fingerprint density at radius 2 is 2.23 bits per heavy atom. The van der Waals surface area contributed by atoms with E-state index in [1.165, 1.54) is 0 Å². The monoisotopic (exact) mass is 376 g/mol. The summed E-state index contributed by atoms with van der Waals surface area (Å²) in [5, 5.41) is 7.48. The molecule has 0 aliphatic carbocycles. The van der Waals surface area contributed by atoms with Crippen LogP contribution in [-0.4, -0.2) is 52.3 Å². The number of nitrogens with zero attached hydrogens (tertiary/aromatic N) is 3. The van der Waals surface area contributed by atoms with Gasteiger partial charge in [0, 0.05) is 30.5 Å². The second-order valence-corrected chi connectivity index (χ2v) is 6.39. The van der Waals surface area contributed by atoms with Crippen molar-refractivity contribution in [3.63, 3.8) is 0 Å². The van der Waals surface area contributed by atoms with Crippen LogP contribution in [0.3, 0.4) is 0 Å². The van der Waals surface area contributed by atoms with E-state index in [-0.39, 0.29) is 18.4 Å². The van der Waals surface area contributed by atoms with Crippen molar-refractivity contribution >= 4 is 23.4 Å². The Labute approximate surface area is 156 Å². The van der Waals surface area contributed by atoms with E-state index < -0.39 is 12.1 Å². The number of amides is 2. The van der Waals surface area contributed by atoms with Crippen molar-refractivity contribution in [1.29, 1.82) is 0 Å². The van der Waals surface area contributed by atoms with Crippen LogP contribution in [0.1, 0.15) is 18.5 Å². The molecule has 0 radical (unpaired) electrons. The number of nitrogens with one attached hydrogen (secondary N) is 1. The quantitative estimate of drug-likeness (QED) is 0.831. The van der Waals surface area contributed by atoms with E-state index in [1.807, 2.05) is 25.3 Å². The van der Waals surface area contributed by atoms with Gasteiger partial charge in [-0.2, -0.15) is 5.10 Å². The second kappa shape index (κ2) is 8.33. The molecule has 0 saturated carbocycles. The molecule has 1 saturated heterocycles. The number of likely N-dealkylation sites (N-methyl/N-ethyl adjacent to an activating group) is 1. The SMILES string of the molecule is CCN(CCn1cccn1)C(=O)[C@H]1OCC(=O)N[C@@H]1c1ccccc1Cl. The Morgan fingerprint density at radius 3 is 2.92 bits per heavy atom. The summed E-state index contributed by atoms with van der Waals surface area (Å²) in [5.41, 5.74) is 0.670. The molecular formula is C18H21ClN4O3. The van der Waals surface area contributed by atoms with E-state index in [4.69, 9.17) is 16.3 Å². The Bertz CT molecular complexity index is 766. The maximum Gasteiger partial charge on any atom is 0.254 e. The summed E-state index contributed by atoms with van der Waals surface area (Å²) in [5.74, 6) is -0.442. The summed E-state index contributed by atoms with van der Waals surface area (Å²) < 4.78 is 7.38. The van der Waals surface area contributed by atoms with Gasteiger partial charge in [0.25, 0.3) is 5.91 Å². The molecule has 138 valence electrons. The third-order valence-corrected chi connectivity index (χ3v) is 4.69. The fourth-order valence-corrected chi connectivity index (χ4v) is 3.25. The number of hydrogen-bond donors (Lipinski definition) is 1. The summed E-state index contributed by atoms with van der Waals surface area (Å²) in [4.78, 5) is 26.6. The van der Waals surface area contributed by atoms with E-state index in [9.17, 15) is 9.59 Å². The van der Waals surface area contributed by atoms with Gasteiger partial charge in [-0.05, 0) is 24.6 Å². The van der Waals surface area contributed by atoms with Gasteiger partial charge in [-0.3, -0.25) is 14.3 Å². The molecule has 2 amide bonds. The molecule has 2 aromatic rings. The number of rotatable bonds is 6. The molecule has 0 spiro atoms. The molecule has 0 bridgehead atoms.